The summed E-state index contributed by atoms with van der Waals surface area (Å²) in [5.41, 5.74) is 6.24. The van der Waals surface area contributed by atoms with E-state index in [9.17, 15) is 9.59 Å². The Morgan fingerprint density at radius 2 is 1.57 bits per heavy atom. The number of hydrogen-bond donors (Lipinski definition) is 3. The minimum absolute atomic E-state index is 0.122. The molecule has 21 heavy (non-hydrogen) atoms. The number of primary amides is 1. The van der Waals surface area contributed by atoms with Gasteiger partial charge in [-0.1, -0.05) is 29.3 Å². The van der Waals surface area contributed by atoms with Gasteiger partial charge in [0.25, 0.3) is 5.91 Å². The molecule has 0 unspecified atom stereocenters. The fourth-order valence-corrected chi connectivity index (χ4v) is 2.08. The molecule has 6 nitrogen and oxygen atoms in total. The van der Waals surface area contributed by atoms with Crippen molar-refractivity contribution in [3.8, 4) is 0 Å². The van der Waals surface area contributed by atoms with Gasteiger partial charge in [0.15, 0.2) is 0 Å². The van der Waals surface area contributed by atoms with E-state index in [-0.39, 0.29) is 15.9 Å². The van der Waals surface area contributed by atoms with Crippen LogP contribution in [-0.4, -0.2) is 16.9 Å². The number of urea groups is 1. The van der Waals surface area contributed by atoms with Gasteiger partial charge in [-0.15, -0.1) is 0 Å². The molecule has 0 radical (unpaired) electrons. The molecule has 0 aliphatic heterocycles. The molecule has 2 rings (SSSR count). The van der Waals surface area contributed by atoms with Crippen LogP contribution < -0.4 is 16.4 Å². The summed E-state index contributed by atoms with van der Waals surface area (Å²) < 4.78 is 0. The maximum absolute atomic E-state index is 12.1. The lowest BCUT2D eigenvalue weighted by molar-refractivity contribution is 0.102. The normalized spacial score (nSPS) is 10.0. The van der Waals surface area contributed by atoms with E-state index in [1.165, 1.54) is 12.1 Å². The predicted octanol–water partition coefficient (Wildman–Crippen LogP) is 3.13. The molecule has 0 aliphatic carbocycles. The van der Waals surface area contributed by atoms with E-state index in [0.717, 1.165) is 0 Å². The number of carbonyl (C=O) groups is 2. The van der Waals surface area contributed by atoms with Crippen molar-refractivity contribution in [3.63, 3.8) is 0 Å². The highest BCUT2D eigenvalue weighted by Crippen LogP contribution is 2.18. The number of benzene rings is 1. The lowest BCUT2D eigenvalue weighted by atomic mass is 10.2. The first kappa shape index (κ1) is 15.1. The van der Waals surface area contributed by atoms with Gasteiger partial charge in [-0.25, -0.2) is 9.78 Å². The number of amides is 3. The lowest BCUT2D eigenvalue weighted by Gasteiger charge is -2.08. The summed E-state index contributed by atoms with van der Waals surface area (Å²) in [6, 6.07) is 8.63. The van der Waals surface area contributed by atoms with Gasteiger partial charge in [0.05, 0.1) is 0 Å². The van der Waals surface area contributed by atoms with Crippen LogP contribution in [0.5, 0.6) is 0 Å². The third-order valence-corrected chi connectivity index (χ3v) is 2.80. The Balaban J connectivity index is 2.17. The number of nitrogens with one attached hydrogen (secondary N) is 2. The van der Waals surface area contributed by atoms with Gasteiger partial charge in [-0.05, 0) is 30.3 Å². The zero-order valence-electron chi connectivity index (χ0n) is 10.6. The molecular weight excluding hydrogens is 315 g/mol. The van der Waals surface area contributed by atoms with Crippen molar-refractivity contribution >= 4 is 46.5 Å². The van der Waals surface area contributed by atoms with Crippen molar-refractivity contribution in [2.75, 3.05) is 10.6 Å². The first-order valence-corrected chi connectivity index (χ1v) is 6.50. The maximum Gasteiger partial charge on any atom is 0.316 e. The summed E-state index contributed by atoms with van der Waals surface area (Å²) in [5.74, 6) is -0.405. The molecule has 4 N–H and O–H groups in total. The molecule has 1 heterocycles. The summed E-state index contributed by atoms with van der Waals surface area (Å²) in [6.45, 7) is 0. The average molecular weight is 325 g/mol. The van der Waals surface area contributed by atoms with Crippen molar-refractivity contribution in [2.24, 2.45) is 5.73 Å². The van der Waals surface area contributed by atoms with E-state index in [1.54, 1.807) is 24.3 Å². The van der Waals surface area contributed by atoms with E-state index in [1.807, 2.05) is 0 Å². The van der Waals surface area contributed by atoms with Crippen LogP contribution in [0.15, 0.2) is 36.4 Å². The molecule has 1 aromatic heterocycles. The average Bonchev–Trinajstić information content (AvgIpc) is 2.37. The Morgan fingerprint density at radius 1 is 1.00 bits per heavy atom. The third-order valence-electron chi connectivity index (χ3n) is 2.41. The third kappa shape index (κ3) is 4.34. The van der Waals surface area contributed by atoms with E-state index in [0.29, 0.717) is 11.4 Å². The number of hydrogen-bond acceptors (Lipinski definition) is 3. The molecule has 0 bridgehead atoms. The summed E-state index contributed by atoms with van der Waals surface area (Å²) in [6.07, 6.45) is 0. The fourth-order valence-electron chi connectivity index (χ4n) is 1.62. The second kappa shape index (κ2) is 6.43. The number of anilines is 2. The van der Waals surface area contributed by atoms with E-state index in [2.05, 4.69) is 15.6 Å². The quantitative estimate of drug-likeness (QED) is 0.756. The van der Waals surface area contributed by atoms with E-state index >= 15 is 0 Å². The Labute approximate surface area is 130 Å². The summed E-state index contributed by atoms with van der Waals surface area (Å²) in [5, 5.41) is 5.31. The molecule has 108 valence electrons. The zero-order chi connectivity index (χ0) is 15.4. The second-order valence-corrected chi connectivity index (χ2v) is 4.80. The standard InChI is InChI=1S/C13H10Cl2N4O2/c14-10-4-7(5-11(15)19-10)12(20)17-8-2-1-3-9(6-8)18-13(16)21/h1-6H,(H,17,20)(H3,16,18,21). The van der Waals surface area contributed by atoms with Crippen LogP contribution in [0.25, 0.3) is 0 Å². The van der Waals surface area contributed by atoms with Crippen LogP contribution in [-0.2, 0) is 0 Å². The highest BCUT2D eigenvalue weighted by molar-refractivity contribution is 6.33. The number of nitrogens with two attached hydrogens (primary N) is 1. The number of aromatic nitrogens is 1. The molecular formula is C13H10Cl2N4O2. The summed E-state index contributed by atoms with van der Waals surface area (Å²) >= 11 is 11.5. The van der Waals surface area contributed by atoms with Crippen LogP contribution in [0, 0.1) is 0 Å². The monoisotopic (exact) mass is 324 g/mol. The van der Waals surface area contributed by atoms with Crippen molar-refractivity contribution in [1.29, 1.82) is 0 Å². The maximum atomic E-state index is 12.1. The minimum atomic E-state index is -0.689. The van der Waals surface area contributed by atoms with E-state index in [4.69, 9.17) is 28.9 Å². The van der Waals surface area contributed by atoms with Crippen molar-refractivity contribution < 1.29 is 9.59 Å². The molecule has 0 saturated heterocycles. The Bertz CT molecular complexity index is 686. The number of halogens is 2. The van der Waals surface area contributed by atoms with Gasteiger partial charge in [0.1, 0.15) is 10.3 Å². The molecule has 0 spiro atoms. The van der Waals surface area contributed by atoms with Crippen molar-refractivity contribution in [2.45, 2.75) is 0 Å². The number of rotatable bonds is 3. The molecule has 0 atom stereocenters. The van der Waals surface area contributed by atoms with Crippen LogP contribution in [0.1, 0.15) is 10.4 Å². The molecule has 3 amide bonds. The van der Waals surface area contributed by atoms with Crippen molar-refractivity contribution in [1.82, 2.24) is 4.98 Å². The second-order valence-electron chi connectivity index (χ2n) is 4.03. The van der Waals surface area contributed by atoms with Gasteiger partial charge in [-0.3, -0.25) is 4.79 Å². The number of carbonyl (C=O) groups excluding carboxylic acids is 2. The fraction of sp³-hybridized carbons (Fsp3) is 0. The summed E-state index contributed by atoms with van der Waals surface area (Å²) in [4.78, 5) is 26.6. The van der Waals surface area contributed by atoms with Gasteiger partial charge in [0.2, 0.25) is 0 Å². The molecule has 2 aromatic rings. The van der Waals surface area contributed by atoms with Crippen LogP contribution in [0.2, 0.25) is 10.3 Å². The Morgan fingerprint density at radius 3 is 2.14 bits per heavy atom. The van der Waals surface area contributed by atoms with E-state index < -0.39 is 11.9 Å². The van der Waals surface area contributed by atoms with Gasteiger partial charge >= 0.3 is 6.03 Å². The zero-order valence-corrected chi connectivity index (χ0v) is 12.1. The highest BCUT2D eigenvalue weighted by atomic mass is 35.5. The smallest absolute Gasteiger partial charge is 0.316 e. The SMILES string of the molecule is NC(=O)Nc1cccc(NC(=O)c2cc(Cl)nc(Cl)c2)c1. The van der Waals surface area contributed by atoms with Gasteiger partial charge in [0, 0.05) is 16.9 Å². The molecule has 8 heteroatoms. The van der Waals surface area contributed by atoms with Crippen LogP contribution in [0.3, 0.4) is 0 Å². The highest BCUT2D eigenvalue weighted by Gasteiger charge is 2.09. The molecule has 0 fully saturated rings. The first-order valence-electron chi connectivity index (χ1n) is 5.75. The first-order chi connectivity index (χ1) is 9.94. The van der Waals surface area contributed by atoms with Crippen LogP contribution >= 0.6 is 23.2 Å². The Hall–Kier alpha value is -2.31. The molecule has 1 aromatic carbocycles. The number of pyridine rings is 1. The largest absolute Gasteiger partial charge is 0.351 e. The van der Waals surface area contributed by atoms with Crippen LogP contribution in [0.4, 0.5) is 16.2 Å². The van der Waals surface area contributed by atoms with Gasteiger partial charge in [-0.2, -0.15) is 0 Å². The number of nitrogens with zero attached hydrogens (tertiary/aromatic N) is 1. The topological polar surface area (TPSA) is 97.1 Å². The lowest BCUT2D eigenvalue weighted by Crippen LogP contribution is -2.19. The summed E-state index contributed by atoms with van der Waals surface area (Å²) in [7, 11) is 0. The van der Waals surface area contributed by atoms with Gasteiger partial charge < -0.3 is 16.4 Å². The van der Waals surface area contributed by atoms with Crippen molar-refractivity contribution in [3.05, 3.63) is 52.3 Å². The predicted molar refractivity (Wildman–Crippen MR) is 81.9 cm³/mol. The minimum Gasteiger partial charge on any atom is -0.351 e. The molecule has 0 saturated carbocycles. The molecule has 0 aliphatic rings. The Kier molecular flexibility index (Phi) is 4.62.